The zero-order valence-corrected chi connectivity index (χ0v) is 13.0. The maximum absolute atomic E-state index is 5.82. The van der Waals surface area contributed by atoms with E-state index in [-0.39, 0.29) is 6.79 Å². The summed E-state index contributed by atoms with van der Waals surface area (Å²) >= 11 is 5.01. The SMILES string of the molecule is Nc1nccc2[nH]c(Sc3cc4c(cc3Br)OCO4)nc12. The Morgan fingerprint density at radius 2 is 2.10 bits per heavy atom. The molecule has 2 aromatic heterocycles. The van der Waals surface area contributed by atoms with Crippen molar-refractivity contribution in [1.82, 2.24) is 15.0 Å². The first-order valence-electron chi connectivity index (χ1n) is 6.08. The molecule has 1 aliphatic rings. The molecule has 106 valence electrons. The number of hydrogen-bond acceptors (Lipinski definition) is 6. The summed E-state index contributed by atoms with van der Waals surface area (Å²) in [7, 11) is 0. The molecule has 0 bridgehead atoms. The van der Waals surface area contributed by atoms with Crippen LogP contribution in [0.3, 0.4) is 0 Å². The van der Waals surface area contributed by atoms with Crippen molar-refractivity contribution in [3.8, 4) is 11.5 Å². The summed E-state index contributed by atoms with van der Waals surface area (Å²) in [6, 6.07) is 5.66. The van der Waals surface area contributed by atoms with E-state index in [0.717, 1.165) is 31.5 Å². The van der Waals surface area contributed by atoms with E-state index in [4.69, 9.17) is 15.2 Å². The second-order valence-corrected chi connectivity index (χ2v) is 6.26. The topological polar surface area (TPSA) is 86.0 Å². The maximum atomic E-state index is 5.82. The smallest absolute Gasteiger partial charge is 0.231 e. The molecule has 21 heavy (non-hydrogen) atoms. The number of hydrogen-bond donors (Lipinski definition) is 2. The Kier molecular flexibility index (Phi) is 2.93. The largest absolute Gasteiger partial charge is 0.454 e. The fourth-order valence-corrected chi connectivity index (χ4v) is 3.46. The summed E-state index contributed by atoms with van der Waals surface area (Å²) in [5.74, 6) is 1.89. The Bertz CT molecular complexity index is 852. The van der Waals surface area contributed by atoms with E-state index in [9.17, 15) is 0 Å². The van der Waals surface area contributed by atoms with Crippen LogP contribution in [0.5, 0.6) is 11.5 Å². The van der Waals surface area contributed by atoms with Crippen LogP contribution in [0.2, 0.25) is 0 Å². The minimum absolute atomic E-state index is 0.253. The maximum Gasteiger partial charge on any atom is 0.231 e. The standard InChI is InChI=1S/C13H9BrN4O2S/c14-6-3-8-9(20-5-19-8)4-10(6)21-13-17-7-1-2-16-12(15)11(7)18-13/h1-4H,5H2,(H2,15,16)(H,17,18). The minimum Gasteiger partial charge on any atom is -0.454 e. The molecule has 0 saturated carbocycles. The lowest BCUT2D eigenvalue weighted by Crippen LogP contribution is -1.92. The highest BCUT2D eigenvalue weighted by Crippen LogP contribution is 2.42. The van der Waals surface area contributed by atoms with Crippen LogP contribution in [0.25, 0.3) is 11.0 Å². The molecular weight excluding hydrogens is 356 g/mol. The van der Waals surface area contributed by atoms with E-state index in [1.165, 1.54) is 11.8 Å². The summed E-state index contributed by atoms with van der Waals surface area (Å²) in [4.78, 5) is 12.7. The molecule has 1 aromatic carbocycles. The number of halogens is 1. The number of ether oxygens (including phenoxy) is 2. The summed E-state index contributed by atoms with van der Waals surface area (Å²) < 4.78 is 11.7. The normalized spacial score (nSPS) is 13.0. The van der Waals surface area contributed by atoms with Crippen molar-refractivity contribution in [2.24, 2.45) is 0 Å². The van der Waals surface area contributed by atoms with Gasteiger partial charge in [0.2, 0.25) is 6.79 Å². The molecule has 6 nitrogen and oxygen atoms in total. The summed E-state index contributed by atoms with van der Waals surface area (Å²) in [6.45, 7) is 0.253. The molecule has 0 unspecified atom stereocenters. The number of nitrogens with two attached hydrogens (primary N) is 1. The third kappa shape index (κ3) is 2.20. The third-order valence-electron chi connectivity index (χ3n) is 3.04. The molecule has 0 atom stereocenters. The van der Waals surface area contributed by atoms with Gasteiger partial charge in [0, 0.05) is 15.6 Å². The van der Waals surface area contributed by atoms with Crippen molar-refractivity contribution in [3.05, 3.63) is 28.9 Å². The van der Waals surface area contributed by atoms with Crippen LogP contribution in [0.15, 0.2) is 38.9 Å². The van der Waals surface area contributed by atoms with Crippen molar-refractivity contribution in [1.29, 1.82) is 0 Å². The van der Waals surface area contributed by atoms with Gasteiger partial charge in [0.25, 0.3) is 0 Å². The van der Waals surface area contributed by atoms with Gasteiger partial charge in [-0.3, -0.25) is 0 Å². The van der Waals surface area contributed by atoms with Crippen molar-refractivity contribution >= 4 is 44.5 Å². The van der Waals surface area contributed by atoms with Crippen LogP contribution >= 0.6 is 27.7 Å². The van der Waals surface area contributed by atoms with Crippen molar-refractivity contribution in [3.63, 3.8) is 0 Å². The van der Waals surface area contributed by atoms with Crippen LogP contribution in [-0.2, 0) is 0 Å². The van der Waals surface area contributed by atoms with Gasteiger partial charge in [-0.1, -0.05) is 11.8 Å². The van der Waals surface area contributed by atoms with Crippen molar-refractivity contribution in [2.45, 2.75) is 10.1 Å². The van der Waals surface area contributed by atoms with Gasteiger partial charge in [0.15, 0.2) is 22.5 Å². The number of nitrogen functional groups attached to an aromatic ring is 1. The Balaban J connectivity index is 1.73. The van der Waals surface area contributed by atoms with E-state index in [2.05, 4.69) is 30.9 Å². The lowest BCUT2D eigenvalue weighted by atomic mass is 10.3. The zero-order valence-electron chi connectivity index (χ0n) is 10.6. The molecule has 3 aromatic rings. The minimum atomic E-state index is 0.253. The van der Waals surface area contributed by atoms with Crippen LogP contribution in [-0.4, -0.2) is 21.7 Å². The second kappa shape index (κ2) is 4.81. The van der Waals surface area contributed by atoms with Gasteiger partial charge in [-0.05, 0) is 34.1 Å². The molecule has 0 amide bonds. The second-order valence-electron chi connectivity index (χ2n) is 4.37. The van der Waals surface area contributed by atoms with E-state index in [1.807, 2.05) is 18.2 Å². The highest BCUT2D eigenvalue weighted by Gasteiger charge is 2.18. The monoisotopic (exact) mass is 364 g/mol. The zero-order chi connectivity index (χ0) is 14.4. The van der Waals surface area contributed by atoms with E-state index in [0.29, 0.717) is 11.3 Å². The van der Waals surface area contributed by atoms with Gasteiger partial charge in [0.1, 0.15) is 5.52 Å². The predicted octanol–water partition coefficient (Wildman–Crippen LogP) is 3.18. The van der Waals surface area contributed by atoms with E-state index >= 15 is 0 Å². The fourth-order valence-electron chi connectivity index (χ4n) is 2.06. The quantitative estimate of drug-likeness (QED) is 0.726. The van der Waals surface area contributed by atoms with Gasteiger partial charge in [-0.15, -0.1) is 0 Å². The number of fused-ring (bicyclic) bond motifs is 2. The number of aromatic nitrogens is 3. The summed E-state index contributed by atoms with van der Waals surface area (Å²) in [5.41, 5.74) is 7.36. The van der Waals surface area contributed by atoms with Crippen molar-refractivity contribution < 1.29 is 9.47 Å². The van der Waals surface area contributed by atoms with Gasteiger partial charge < -0.3 is 20.2 Å². The lowest BCUT2D eigenvalue weighted by Gasteiger charge is -2.03. The number of nitrogens with one attached hydrogen (secondary N) is 1. The fraction of sp³-hybridized carbons (Fsp3) is 0.0769. The molecule has 0 aliphatic carbocycles. The number of pyridine rings is 1. The van der Waals surface area contributed by atoms with Crippen LogP contribution < -0.4 is 15.2 Å². The highest BCUT2D eigenvalue weighted by molar-refractivity contribution is 9.10. The Morgan fingerprint density at radius 1 is 1.29 bits per heavy atom. The number of H-pyrrole nitrogens is 1. The molecule has 4 rings (SSSR count). The Labute approximate surface area is 132 Å². The number of benzene rings is 1. The average molecular weight is 365 g/mol. The molecule has 8 heteroatoms. The first-order chi connectivity index (χ1) is 10.2. The average Bonchev–Trinajstić information content (AvgIpc) is 3.06. The number of nitrogens with zero attached hydrogens (tertiary/aromatic N) is 2. The van der Waals surface area contributed by atoms with Gasteiger partial charge in [-0.2, -0.15) is 0 Å². The number of aromatic amines is 1. The number of anilines is 1. The first-order valence-corrected chi connectivity index (χ1v) is 7.69. The first kappa shape index (κ1) is 12.8. The third-order valence-corrected chi connectivity index (χ3v) is 4.90. The van der Waals surface area contributed by atoms with Gasteiger partial charge in [0.05, 0.1) is 5.52 Å². The molecule has 0 radical (unpaired) electrons. The summed E-state index contributed by atoms with van der Waals surface area (Å²) in [5, 5.41) is 0.740. The Hall–Kier alpha value is -1.93. The van der Waals surface area contributed by atoms with E-state index in [1.54, 1.807) is 6.20 Å². The number of imidazole rings is 1. The molecule has 3 N–H and O–H groups in total. The van der Waals surface area contributed by atoms with Crippen LogP contribution in [0.4, 0.5) is 5.82 Å². The highest BCUT2D eigenvalue weighted by atomic mass is 79.9. The molecule has 0 saturated heterocycles. The van der Waals surface area contributed by atoms with E-state index < -0.39 is 0 Å². The van der Waals surface area contributed by atoms with Gasteiger partial charge >= 0.3 is 0 Å². The van der Waals surface area contributed by atoms with Crippen LogP contribution in [0, 0.1) is 0 Å². The van der Waals surface area contributed by atoms with Crippen LogP contribution in [0.1, 0.15) is 0 Å². The molecule has 3 heterocycles. The lowest BCUT2D eigenvalue weighted by molar-refractivity contribution is 0.174. The number of rotatable bonds is 2. The molecule has 0 fully saturated rings. The van der Waals surface area contributed by atoms with Gasteiger partial charge in [-0.25, -0.2) is 9.97 Å². The van der Waals surface area contributed by atoms with Crippen molar-refractivity contribution in [2.75, 3.05) is 12.5 Å². The summed E-state index contributed by atoms with van der Waals surface area (Å²) in [6.07, 6.45) is 1.65. The molecule has 0 spiro atoms. The Morgan fingerprint density at radius 3 is 2.90 bits per heavy atom. The molecular formula is C13H9BrN4O2S. The predicted molar refractivity (Wildman–Crippen MR) is 82.7 cm³/mol. The molecule has 1 aliphatic heterocycles.